The molecule has 2 aromatic rings. The molecule has 0 heterocycles. The lowest BCUT2D eigenvalue weighted by atomic mass is 9.87. The molecule has 0 aliphatic heterocycles. The zero-order chi connectivity index (χ0) is 19.8. The van der Waals surface area contributed by atoms with Crippen molar-refractivity contribution in [2.24, 2.45) is 5.92 Å². The van der Waals surface area contributed by atoms with E-state index < -0.39 is 23.6 Å². The van der Waals surface area contributed by atoms with Crippen LogP contribution in [0.3, 0.4) is 0 Å². The Bertz CT molecular complexity index is 931. The number of nitro groups is 1. The number of carbonyl (C=O) groups is 1. The third-order valence-electron chi connectivity index (χ3n) is 5.93. The number of rotatable bonds is 6. The van der Waals surface area contributed by atoms with E-state index in [1.54, 1.807) is 24.3 Å². The van der Waals surface area contributed by atoms with Gasteiger partial charge in [0.15, 0.2) is 5.78 Å². The van der Waals surface area contributed by atoms with Crippen LogP contribution in [0.1, 0.15) is 53.8 Å². The predicted octanol–water partition coefficient (Wildman–Crippen LogP) is 5.66. The summed E-state index contributed by atoms with van der Waals surface area (Å²) in [5, 5.41) is 11.7. The van der Waals surface area contributed by atoms with Crippen molar-refractivity contribution in [1.82, 2.24) is 0 Å². The van der Waals surface area contributed by atoms with Gasteiger partial charge in [-0.15, -0.1) is 0 Å². The standard InChI is InChI=1S/C21H24NO4P/c1-4-27(26,5-2)21(17-12-8-9-13-18(17)22(24)25)19-14(3)15-10-6-7-11-16(15)20(19)23/h6-14,19,21H,4-5H2,1-3H3. The van der Waals surface area contributed by atoms with Gasteiger partial charge in [-0.2, -0.15) is 0 Å². The predicted molar refractivity (Wildman–Crippen MR) is 107 cm³/mol. The third kappa shape index (κ3) is 3.14. The topological polar surface area (TPSA) is 77.3 Å². The fourth-order valence-corrected chi connectivity index (χ4v) is 7.33. The van der Waals surface area contributed by atoms with E-state index in [2.05, 4.69) is 0 Å². The Morgan fingerprint density at radius 1 is 1.07 bits per heavy atom. The van der Waals surface area contributed by atoms with Crippen molar-refractivity contribution in [2.75, 3.05) is 12.3 Å². The highest BCUT2D eigenvalue weighted by Crippen LogP contribution is 2.66. The SMILES string of the molecule is CCP(=O)(CC)C(c1ccccc1[N+](=O)[O-])C1C(=O)c2ccccc2C1C. The fraction of sp³-hybridized carbons (Fsp3) is 0.381. The molecule has 1 aliphatic carbocycles. The van der Waals surface area contributed by atoms with Crippen molar-refractivity contribution in [2.45, 2.75) is 32.3 Å². The van der Waals surface area contributed by atoms with Gasteiger partial charge in [0.1, 0.15) is 0 Å². The number of nitrogens with zero attached hydrogens (tertiary/aromatic N) is 1. The molecule has 0 N–H and O–H groups in total. The van der Waals surface area contributed by atoms with Crippen LogP contribution in [0.15, 0.2) is 48.5 Å². The highest BCUT2D eigenvalue weighted by atomic mass is 31.2. The zero-order valence-electron chi connectivity index (χ0n) is 15.8. The van der Waals surface area contributed by atoms with Crippen molar-refractivity contribution in [3.05, 3.63) is 75.3 Å². The van der Waals surface area contributed by atoms with E-state index in [1.165, 1.54) is 6.07 Å². The summed E-state index contributed by atoms with van der Waals surface area (Å²) in [4.78, 5) is 24.5. The summed E-state index contributed by atoms with van der Waals surface area (Å²) in [5.41, 5.74) is 1.31. The second kappa shape index (κ2) is 7.40. The zero-order valence-corrected chi connectivity index (χ0v) is 16.7. The first kappa shape index (κ1) is 19.5. The summed E-state index contributed by atoms with van der Waals surface area (Å²) >= 11 is 0. The Kier molecular flexibility index (Phi) is 5.34. The fourth-order valence-electron chi connectivity index (χ4n) is 4.40. The van der Waals surface area contributed by atoms with Gasteiger partial charge in [0.05, 0.1) is 17.7 Å². The third-order valence-corrected chi connectivity index (χ3v) is 9.68. The summed E-state index contributed by atoms with van der Waals surface area (Å²) in [6.07, 6.45) is 0.820. The lowest BCUT2D eigenvalue weighted by molar-refractivity contribution is -0.385. The molecule has 0 aromatic heterocycles. The van der Waals surface area contributed by atoms with E-state index in [0.717, 1.165) is 5.56 Å². The Morgan fingerprint density at radius 3 is 2.26 bits per heavy atom. The maximum absolute atomic E-state index is 13.9. The van der Waals surface area contributed by atoms with Crippen LogP contribution in [0.2, 0.25) is 0 Å². The van der Waals surface area contributed by atoms with Crippen molar-refractivity contribution in [3.8, 4) is 0 Å². The molecule has 0 spiro atoms. The van der Waals surface area contributed by atoms with Crippen LogP contribution >= 0.6 is 7.14 Å². The molecule has 1 aliphatic rings. The van der Waals surface area contributed by atoms with Crippen LogP contribution in [-0.2, 0) is 4.57 Å². The quantitative estimate of drug-likeness (QED) is 0.365. The molecule has 0 fully saturated rings. The number of hydrogen-bond acceptors (Lipinski definition) is 4. The van der Waals surface area contributed by atoms with Crippen LogP contribution in [-0.4, -0.2) is 23.0 Å². The highest BCUT2D eigenvalue weighted by molar-refractivity contribution is 7.64. The van der Waals surface area contributed by atoms with Crippen molar-refractivity contribution in [1.29, 1.82) is 0 Å². The molecule has 6 heteroatoms. The number of carbonyl (C=O) groups excluding carboxylic acids is 1. The maximum Gasteiger partial charge on any atom is 0.273 e. The van der Waals surface area contributed by atoms with E-state index in [4.69, 9.17) is 0 Å². The highest BCUT2D eigenvalue weighted by Gasteiger charge is 2.49. The maximum atomic E-state index is 13.9. The monoisotopic (exact) mass is 385 g/mol. The van der Waals surface area contributed by atoms with Crippen molar-refractivity contribution < 1.29 is 14.3 Å². The van der Waals surface area contributed by atoms with Gasteiger partial charge in [0.25, 0.3) is 5.69 Å². The molecule has 0 saturated carbocycles. The molecule has 0 bridgehead atoms. The molecule has 2 aromatic carbocycles. The number of Topliss-reactive ketones (excluding diaryl/α,β-unsaturated/α-hetero) is 1. The molecule has 0 radical (unpaired) electrons. The van der Waals surface area contributed by atoms with E-state index in [0.29, 0.717) is 23.5 Å². The van der Waals surface area contributed by atoms with Gasteiger partial charge in [-0.3, -0.25) is 14.9 Å². The van der Waals surface area contributed by atoms with Crippen molar-refractivity contribution >= 4 is 18.6 Å². The summed E-state index contributed by atoms with van der Waals surface area (Å²) < 4.78 is 13.9. The largest absolute Gasteiger partial charge is 0.323 e. The first-order chi connectivity index (χ1) is 12.9. The van der Waals surface area contributed by atoms with E-state index >= 15 is 0 Å². The smallest absolute Gasteiger partial charge is 0.273 e. The van der Waals surface area contributed by atoms with Crippen LogP contribution < -0.4 is 0 Å². The van der Waals surface area contributed by atoms with Gasteiger partial charge in [0.2, 0.25) is 0 Å². The first-order valence-electron chi connectivity index (χ1n) is 9.30. The molecular formula is C21H24NO4P. The van der Waals surface area contributed by atoms with Gasteiger partial charge >= 0.3 is 0 Å². The number of ketones is 1. The summed E-state index contributed by atoms with van der Waals surface area (Å²) in [6, 6.07) is 13.9. The summed E-state index contributed by atoms with van der Waals surface area (Å²) in [7, 11) is -2.86. The van der Waals surface area contributed by atoms with Crippen LogP contribution in [0.25, 0.3) is 0 Å². The normalized spacial score (nSPS) is 20.3. The van der Waals surface area contributed by atoms with Crippen LogP contribution in [0.5, 0.6) is 0 Å². The molecule has 3 rings (SSSR count). The van der Waals surface area contributed by atoms with Gasteiger partial charge in [-0.05, 0) is 23.8 Å². The van der Waals surface area contributed by atoms with Crippen LogP contribution in [0, 0.1) is 16.0 Å². The van der Waals surface area contributed by atoms with Gasteiger partial charge < -0.3 is 4.57 Å². The van der Waals surface area contributed by atoms with E-state index in [-0.39, 0.29) is 17.4 Å². The Hall–Kier alpha value is -2.26. The second-order valence-electron chi connectivity index (χ2n) is 7.11. The second-order valence-corrected chi connectivity index (χ2v) is 10.8. The molecule has 3 atom stereocenters. The Labute approximate surface area is 159 Å². The molecule has 27 heavy (non-hydrogen) atoms. The number of benzene rings is 2. The molecule has 0 amide bonds. The minimum atomic E-state index is -2.86. The number of para-hydroxylation sites is 1. The van der Waals surface area contributed by atoms with Gasteiger partial charge in [-0.1, -0.05) is 63.2 Å². The minimum absolute atomic E-state index is 0.0524. The van der Waals surface area contributed by atoms with Crippen molar-refractivity contribution in [3.63, 3.8) is 0 Å². The lowest BCUT2D eigenvalue weighted by Gasteiger charge is -2.32. The van der Waals surface area contributed by atoms with Crippen LogP contribution in [0.4, 0.5) is 5.69 Å². The molecule has 142 valence electrons. The Balaban J connectivity index is 2.24. The van der Waals surface area contributed by atoms with E-state index in [1.807, 2.05) is 39.0 Å². The van der Waals surface area contributed by atoms with Gasteiger partial charge in [0, 0.05) is 23.1 Å². The minimum Gasteiger partial charge on any atom is -0.323 e. The number of nitro benzene ring substituents is 1. The Morgan fingerprint density at radius 2 is 1.67 bits per heavy atom. The summed E-state index contributed by atoms with van der Waals surface area (Å²) in [6.45, 7) is 5.67. The molecule has 3 unspecified atom stereocenters. The molecule has 5 nitrogen and oxygen atoms in total. The molecular weight excluding hydrogens is 361 g/mol. The lowest BCUT2D eigenvalue weighted by Crippen LogP contribution is -2.24. The average molecular weight is 385 g/mol. The number of fused-ring (bicyclic) bond motifs is 1. The van der Waals surface area contributed by atoms with E-state index in [9.17, 15) is 19.5 Å². The summed E-state index contributed by atoms with van der Waals surface area (Å²) in [5.74, 6) is -0.734. The number of hydrogen-bond donors (Lipinski definition) is 0. The first-order valence-corrected chi connectivity index (χ1v) is 11.4. The molecule has 0 saturated heterocycles. The van der Waals surface area contributed by atoms with Gasteiger partial charge in [-0.25, -0.2) is 0 Å². The average Bonchev–Trinajstić information content (AvgIpc) is 2.93.